The van der Waals surface area contributed by atoms with Gasteiger partial charge in [0.2, 0.25) is 0 Å². The van der Waals surface area contributed by atoms with Crippen molar-refractivity contribution in [3.8, 4) is 11.5 Å². The second-order valence-electron chi connectivity index (χ2n) is 7.51. The van der Waals surface area contributed by atoms with Crippen LogP contribution in [0.15, 0.2) is 66.9 Å². The SMILES string of the molecule is COc1ccc(C(C)NC(=O)c2ccc3cnn(Cc4ccc(F)cc4)c3c2)cc1OC. The maximum Gasteiger partial charge on any atom is 0.251 e. The Morgan fingerprint density at radius 2 is 1.78 bits per heavy atom. The van der Waals surface area contributed by atoms with Gasteiger partial charge in [-0.15, -0.1) is 0 Å². The Hall–Kier alpha value is -3.87. The highest BCUT2D eigenvalue weighted by atomic mass is 19.1. The van der Waals surface area contributed by atoms with Crippen LogP contribution in [0.25, 0.3) is 10.9 Å². The average molecular weight is 433 g/mol. The molecule has 1 N–H and O–H groups in total. The second-order valence-corrected chi connectivity index (χ2v) is 7.51. The molecule has 32 heavy (non-hydrogen) atoms. The third-order valence-corrected chi connectivity index (χ3v) is 5.41. The van der Waals surface area contributed by atoms with Crippen LogP contribution < -0.4 is 14.8 Å². The largest absolute Gasteiger partial charge is 0.493 e. The molecule has 0 aliphatic carbocycles. The first-order valence-corrected chi connectivity index (χ1v) is 10.2. The molecule has 3 aromatic carbocycles. The predicted molar refractivity (Wildman–Crippen MR) is 121 cm³/mol. The molecule has 0 saturated heterocycles. The minimum absolute atomic E-state index is 0.191. The number of halogens is 1. The first-order chi connectivity index (χ1) is 15.5. The number of hydrogen-bond acceptors (Lipinski definition) is 4. The third-order valence-electron chi connectivity index (χ3n) is 5.41. The quantitative estimate of drug-likeness (QED) is 0.458. The summed E-state index contributed by atoms with van der Waals surface area (Å²) in [5.74, 6) is 0.775. The van der Waals surface area contributed by atoms with Crippen LogP contribution in [-0.4, -0.2) is 29.9 Å². The molecule has 1 aromatic heterocycles. The summed E-state index contributed by atoms with van der Waals surface area (Å²) in [6, 6.07) is 17.1. The van der Waals surface area contributed by atoms with Crippen molar-refractivity contribution in [3.63, 3.8) is 0 Å². The van der Waals surface area contributed by atoms with Crippen LogP contribution in [0.1, 0.15) is 34.5 Å². The summed E-state index contributed by atoms with van der Waals surface area (Å²) < 4.78 is 25.6. The van der Waals surface area contributed by atoms with Gasteiger partial charge in [0.1, 0.15) is 5.82 Å². The number of methoxy groups -OCH3 is 2. The Balaban J connectivity index is 1.54. The number of benzene rings is 3. The Bertz CT molecular complexity index is 1250. The maximum absolute atomic E-state index is 13.2. The lowest BCUT2D eigenvalue weighted by atomic mass is 10.1. The van der Waals surface area contributed by atoms with E-state index in [9.17, 15) is 9.18 Å². The summed E-state index contributed by atoms with van der Waals surface area (Å²) in [7, 11) is 3.16. The minimum Gasteiger partial charge on any atom is -0.493 e. The molecule has 0 fully saturated rings. The number of carbonyl (C=O) groups is 1. The summed E-state index contributed by atoms with van der Waals surface area (Å²) >= 11 is 0. The van der Waals surface area contributed by atoms with Crippen molar-refractivity contribution in [3.05, 3.63) is 89.4 Å². The van der Waals surface area contributed by atoms with Gasteiger partial charge < -0.3 is 14.8 Å². The highest BCUT2D eigenvalue weighted by molar-refractivity contribution is 5.98. The Kier molecular flexibility index (Phi) is 6.07. The predicted octanol–water partition coefficient (Wildman–Crippen LogP) is 4.73. The summed E-state index contributed by atoms with van der Waals surface area (Å²) in [6.45, 7) is 2.40. The molecule has 4 rings (SSSR count). The van der Waals surface area contributed by atoms with Gasteiger partial charge in [-0.3, -0.25) is 9.48 Å². The molecule has 7 heteroatoms. The number of aromatic nitrogens is 2. The van der Waals surface area contributed by atoms with Crippen LogP contribution in [0.4, 0.5) is 4.39 Å². The molecule has 0 aliphatic heterocycles. The van der Waals surface area contributed by atoms with Gasteiger partial charge in [-0.25, -0.2) is 4.39 Å². The fourth-order valence-electron chi connectivity index (χ4n) is 3.59. The van der Waals surface area contributed by atoms with Gasteiger partial charge in [-0.1, -0.05) is 24.3 Å². The first kappa shape index (κ1) is 21.4. The van der Waals surface area contributed by atoms with Crippen LogP contribution >= 0.6 is 0 Å². The second kappa shape index (κ2) is 9.09. The topological polar surface area (TPSA) is 65.4 Å². The van der Waals surface area contributed by atoms with E-state index in [1.807, 2.05) is 37.3 Å². The molecular formula is C25H24FN3O3. The van der Waals surface area contributed by atoms with Crippen molar-refractivity contribution < 1.29 is 18.7 Å². The number of fused-ring (bicyclic) bond motifs is 1. The van der Waals surface area contributed by atoms with Crippen LogP contribution in [0.5, 0.6) is 11.5 Å². The van der Waals surface area contributed by atoms with Crippen molar-refractivity contribution in [1.29, 1.82) is 0 Å². The Morgan fingerprint density at radius 1 is 1.03 bits per heavy atom. The molecule has 0 aliphatic rings. The third kappa shape index (κ3) is 4.42. The van der Waals surface area contributed by atoms with Crippen LogP contribution in [0.3, 0.4) is 0 Å². The fourth-order valence-corrected chi connectivity index (χ4v) is 3.59. The average Bonchev–Trinajstić information content (AvgIpc) is 3.21. The molecule has 1 atom stereocenters. The molecular weight excluding hydrogens is 409 g/mol. The molecule has 6 nitrogen and oxygen atoms in total. The molecule has 164 valence electrons. The normalized spacial score (nSPS) is 11.9. The van der Waals surface area contributed by atoms with E-state index >= 15 is 0 Å². The number of nitrogens with zero attached hydrogens (tertiary/aromatic N) is 2. The summed E-state index contributed by atoms with van der Waals surface area (Å²) in [5, 5.41) is 8.38. The first-order valence-electron chi connectivity index (χ1n) is 10.2. The Labute approximate surface area is 185 Å². The van der Waals surface area contributed by atoms with E-state index in [0.29, 0.717) is 23.6 Å². The van der Waals surface area contributed by atoms with Gasteiger partial charge in [0.15, 0.2) is 11.5 Å². The molecule has 1 amide bonds. The lowest BCUT2D eigenvalue weighted by Gasteiger charge is -2.17. The van der Waals surface area contributed by atoms with Gasteiger partial charge in [-0.2, -0.15) is 5.10 Å². The standard InChI is InChI=1S/C25H24FN3O3/c1-16(18-8-11-23(31-2)24(13-18)32-3)28-25(30)19-6-7-20-14-27-29(22(20)12-19)15-17-4-9-21(26)10-5-17/h4-14,16H,15H2,1-3H3,(H,28,30). The number of nitrogens with one attached hydrogen (secondary N) is 1. The van der Waals surface area contributed by atoms with Gasteiger partial charge in [0.25, 0.3) is 5.91 Å². The Morgan fingerprint density at radius 3 is 2.50 bits per heavy atom. The van der Waals surface area contributed by atoms with Crippen LogP contribution in [0.2, 0.25) is 0 Å². The smallest absolute Gasteiger partial charge is 0.251 e. The van der Waals surface area contributed by atoms with Crippen molar-refractivity contribution in [2.45, 2.75) is 19.5 Å². The molecule has 1 unspecified atom stereocenters. The zero-order valence-corrected chi connectivity index (χ0v) is 18.1. The maximum atomic E-state index is 13.2. The van der Waals surface area contributed by atoms with Crippen LogP contribution in [0, 0.1) is 5.82 Å². The lowest BCUT2D eigenvalue weighted by Crippen LogP contribution is -2.26. The number of carbonyl (C=O) groups excluding carboxylic acids is 1. The van der Waals surface area contributed by atoms with Crippen molar-refractivity contribution in [1.82, 2.24) is 15.1 Å². The van der Waals surface area contributed by atoms with Crippen LogP contribution in [-0.2, 0) is 6.54 Å². The number of ether oxygens (including phenoxy) is 2. The van der Waals surface area contributed by atoms with Gasteiger partial charge in [0.05, 0.1) is 38.5 Å². The monoisotopic (exact) mass is 433 g/mol. The number of rotatable bonds is 7. The number of amides is 1. The van der Waals surface area contributed by atoms with Crippen molar-refractivity contribution in [2.24, 2.45) is 0 Å². The van der Waals surface area contributed by atoms with Crippen molar-refractivity contribution >= 4 is 16.8 Å². The highest BCUT2D eigenvalue weighted by Gasteiger charge is 2.15. The summed E-state index contributed by atoms with van der Waals surface area (Å²) in [5.41, 5.74) is 3.19. The van der Waals surface area contributed by atoms with Gasteiger partial charge in [0, 0.05) is 10.9 Å². The van der Waals surface area contributed by atoms with Crippen molar-refractivity contribution in [2.75, 3.05) is 14.2 Å². The van der Waals surface area contributed by atoms with E-state index in [-0.39, 0.29) is 17.8 Å². The van der Waals surface area contributed by atoms with E-state index in [2.05, 4.69) is 10.4 Å². The highest BCUT2D eigenvalue weighted by Crippen LogP contribution is 2.30. The fraction of sp³-hybridized carbons (Fsp3) is 0.200. The minimum atomic E-state index is -0.276. The summed E-state index contributed by atoms with van der Waals surface area (Å²) in [6.07, 6.45) is 1.76. The van der Waals surface area contributed by atoms with Gasteiger partial charge in [-0.05, 0) is 54.4 Å². The molecule has 0 bridgehead atoms. The molecule has 0 saturated carbocycles. The van der Waals surface area contributed by atoms with E-state index < -0.39 is 0 Å². The van der Waals surface area contributed by atoms with E-state index in [1.165, 1.54) is 12.1 Å². The summed E-state index contributed by atoms with van der Waals surface area (Å²) in [4.78, 5) is 12.9. The van der Waals surface area contributed by atoms with E-state index in [1.54, 1.807) is 43.3 Å². The molecule has 0 spiro atoms. The zero-order chi connectivity index (χ0) is 22.7. The van der Waals surface area contributed by atoms with E-state index in [4.69, 9.17) is 9.47 Å². The molecule has 1 heterocycles. The van der Waals surface area contributed by atoms with E-state index in [0.717, 1.165) is 22.0 Å². The molecule has 0 radical (unpaired) electrons. The number of hydrogen-bond donors (Lipinski definition) is 1. The zero-order valence-electron chi connectivity index (χ0n) is 18.1. The van der Waals surface area contributed by atoms with Gasteiger partial charge >= 0.3 is 0 Å². The lowest BCUT2D eigenvalue weighted by molar-refractivity contribution is 0.0940. The molecule has 4 aromatic rings.